The Morgan fingerprint density at radius 3 is 2.16 bits per heavy atom. The van der Waals surface area contributed by atoms with Gasteiger partial charge in [-0.2, -0.15) is 5.10 Å². The minimum atomic E-state index is 0.163. The van der Waals surface area contributed by atoms with Crippen LogP contribution in [-0.2, 0) is 0 Å². The standard InChI is InChI=1S/C15H18ClN3/c1-10(2)14-8-9-15(19-18-14)17-11(3)12-4-6-13(16)7-5-12/h4-11H,1-3H3,(H,17,19)/t11-/m0/s1. The lowest BCUT2D eigenvalue weighted by Gasteiger charge is -2.15. The number of rotatable bonds is 4. The molecule has 0 bridgehead atoms. The van der Waals surface area contributed by atoms with Gasteiger partial charge in [-0.3, -0.25) is 0 Å². The first-order valence-electron chi connectivity index (χ1n) is 6.42. The Hall–Kier alpha value is -1.61. The first-order chi connectivity index (χ1) is 9.06. The van der Waals surface area contributed by atoms with Crippen molar-refractivity contribution in [2.75, 3.05) is 5.32 Å². The number of benzene rings is 1. The monoisotopic (exact) mass is 275 g/mol. The number of nitrogens with one attached hydrogen (secondary N) is 1. The Balaban J connectivity index is 2.06. The summed E-state index contributed by atoms with van der Waals surface area (Å²) >= 11 is 5.88. The molecule has 0 spiro atoms. The summed E-state index contributed by atoms with van der Waals surface area (Å²) in [6, 6.07) is 11.9. The summed E-state index contributed by atoms with van der Waals surface area (Å²) in [5.41, 5.74) is 2.17. The minimum absolute atomic E-state index is 0.163. The molecule has 1 aromatic carbocycles. The highest BCUT2D eigenvalue weighted by Crippen LogP contribution is 2.20. The molecule has 0 fully saturated rings. The average molecular weight is 276 g/mol. The van der Waals surface area contributed by atoms with Gasteiger partial charge in [0.1, 0.15) is 5.82 Å². The van der Waals surface area contributed by atoms with Crippen molar-refractivity contribution in [2.45, 2.75) is 32.7 Å². The van der Waals surface area contributed by atoms with Crippen molar-refractivity contribution < 1.29 is 0 Å². The van der Waals surface area contributed by atoms with Gasteiger partial charge in [-0.25, -0.2) is 0 Å². The number of hydrogen-bond acceptors (Lipinski definition) is 3. The topological polar surface area (TPSA) is 37.8 Å². The van der Waals surface area contributed by atoms with Crippen molar-refractivity contribution in [3.63, 3.8) is 0 Å². The first kappa shape index (κ1) is 13.8. The Morgan fingerprint density at radius 2 is 1.63 bits per heavy atom. The van der Waals surface area contributed by atoms with Gasteiger partial charge in [-0.15, -0.1) is 5.10 Å². The summed E-state index contributed by atoms with van der Waals surface area (Å²) in [7, 11) is 0. The van der Waals surface area contributed by atoms with Crippen LogP contribution in [0.25, 0.3) is 0 Å². The van der Waals surface area contributed by atoms with Crippen molar-refractivity contribution >= 4 is 17.4 Å². The van der Waals surface area contributed by atoms with Crippen molar-refractivity contribution in [1.82, 2.24) is 10.2 Å². The van der Waals surface area contributed by atoms with E-state index in [2.05, 4.69) is 36.3 Å². The molecule has 0 saturated heterocycles. The molecule has 19 heavy (non-hydrogen) atoms. The highest BCUT2D eigenvalue weighted by atomic mass is 35.5. The van der Waals surface area contributed by atoms with E-state index < -0.39 is 0 Å². The van der Waals surface area contributed by atoms with Crippen molar-refractivity contribution in [3.05, 3.63) is 52.7 Å². The highest BCUT2D eigenvalue weighted by molar-refractivity contribution is 6.30. The fraction of sp³-hybridized carbons (Fsp3) is 0.333. The lowest BCUT2D eigenvalue weighted by molar-refractivity contribution is 0.778. The van der Waals surface area contributed by atoms with E-state index in [4.69, 9.17) is 11.6 Å². The lowest BCUT2D eigenvalue weighted by atomic mass is 10.1. The molecule has 0 aliphatic heterocycles. The van der Waals surface area contributed by atoms with Crippen LogP contribution in [0, 0.1) is 0 Å². The molecular weight excluding hydrogens is 258 g/mol. The van der Waals surface area contributed by atoms with E-state index in [1.54, 1.807) is 0 Å². The van der Waals surface area contributed by atoms with Crippen LogP contribution in [0.1, 0.15) is 44.0 Å². The quantitative estimate of drug-likeness (QED) is 0.897. The Bertz CT molecular complexity index is 520. The van der Waals surface area contributed by atoms with E-state index in [0.717, 1.165) is 16.5 Å². The SMILES string of the molecule is CC(C)c1ccc(N[C@@H](C)c2ccc(Cl)cc2)nn1. The summed E-state index contributed by atoms with van der Waals surface area (Å²) < 4.78 is 0. The summed E-state index contributed by atoms with van der Waals surface area (Å²) in [5.74, 6) is 1.18. The van der Waals surface area contributed by atoms with Crippen LogP contribution in [0.15, 0.2) is 36.4 Å². The molecule has 1 N–H and O–H groups in total. The fourth-order valence-corrected chi connectivity index (χ4v) is 1.91. The number of nitrogens with zero attached hydrogens (tertiary/aromatic N) is 2. The maximum Gasteiger partial charge on any atom is 0.149 e. The predicted octanol–water partition coefficient (Wildman–Crippen LogP) is 4.43. The summed E-state index contributed by atoms with van der Waals surface area (Å²) in [6.07, 6.45) is 0. The van der Waals surface area contributed by atoms with Crippen molar-refractivity contribution in [2.24, 2.45) is 0 Å². The van der Waals surface area contributed by atoms with Gasteiger partial charge in [-0.05, 0) is 42.7 Å². The Morgan fingerprint density at radius 1 is 0.947 bits per heavy atom. The van der Waals surface area contributed by atoms with E-state index in [-0.39, 0.29) is 6.04 Å². The smallest absolute Gasteiger partial charge is 0.149 e. The Labute approximate surface area is 119 Å². The van der Waals surface area contributed by atoms with E-state index in [0.29, 0.717) is 5.92 Å². The van der Waals surface area contributed by atoms with Crippen LogP contribution in [0.3, 0.4) is 0 Å². The summed E-state index contributed by atoms with van der Waals surface area (Å²) in [6.45, 7) is 6.29. The molecule has 1 atom stereocenters. The molecule has 0 aliphatic rings. The number of aromatic nitrogens is 2. The molecule has 0 amide bonds. The second kappa shape index (κ2) is 6.02. The average Bonchev–Trinajstić information content (AvgIpc) is 2.40. The van der Waals surface area contributed by atoms with Gasteiger partial charge in [-0.1, -0.05) is 37.6 Å². The van der Waals surface area contributed by atoms with E-state index in [1.165, 1.54) is 5.56 Å². The molecule has 0 aliphatic carbocycles. The van der Waals surface area contributed by atoms with E-state index in [9.17, 15) is 0 Å². The zero-order chi connectivity index (χ0) is 13.8. The van der Waals surface area contributed by atoms with Gasteiger partial charge in [0.05, 0.1) is 11.7 Å². The number of anilines is 1. The van der Waals surface area contributed by atoms with Crippen molar-refractivity contribution in [3.8, 4) is 0 Å². The number of hydrogen-bond donors (Lipinski definition) is 1. The van der Waals surface area contributed by atoms with Gasteiger partial charge >= 0.3 is 0 Å². The van der Waals surface area contributed by atoms with Gasteiger partial charge in [0.15, 0.2) is 0 Å². The molecule has 100 valence electrons. The molecule has 1 heterocycles. The van der Waals surface area contributed by atoms with Crippen LogP contribution in [0.5, 0.6) is 0 Å². The lowest BCUT2D eigenvalue weighted by Crippen LogP contribution is -2.09. The molecule has 1 aromatic heterocycles. The zero-order valence-corrected chi connectivity index (χ0v) is 12.1. The van der Waals surface area contributed by atoms with Crippen LogP contribution in [-0.4, -0.2) is 10.2 Å². The first-order valence-corrected chi connectivity index (χ1v) is 6.79. The van der Waals surface area contributed by atoms with E-state index >= 15 is 0 Å². The predicted molar refractivity (Wildman–Crippen MR) is 79.6 cm³/mol. The maximum atomic E-state index is 5.88. The van der Waals surface area contributed by atoms with Crippen molar-refractivity contribution in [1.29, 1.82) is 0 Å². The molecule has 0 saturated carbocycles. The summed E-state index contributed by atoms with van der Waals surface area (Å²) in [4.78, 5) is 0. The van der Waals surface area contributed by atoms with Gasteiger partial charge in [0.25, 0.3) is 0 Å². The number of halogens is 1. The van der Waals surface area contributed by atoms with E-state index in [1.807, 2.05) is 36.4 Å². The Kier molecular flexibility index (Phi) is 4.38. The molecule has 0 radical (unpaired) electrons. The van der Waals surface area contributed by atoms with Gasteiger partial charge in [0.2, 0.25) is 0 Å². The van der Waals surface area contributed by atoms with Crippen LogP contribution >= 0.6 is 11.6 Å². The highest BCUT2D eigenvalue weighted by Gasteiger charge is 2.07. The maximum absolute atomic E-state index is 5.88. The second-order valence-electron chi connectivity index (χ2n) is 4.92. The molecule has 2 aromatic rings. The second-order valence-corrected chi connectivity index (χ2v) is 5.35. The zero-order valence-electron chi connectivity index (χ0n) is 11.4. The third-order valence-electron chi connectivity index (χ3n) is 3.01. The summed E-state index contributed by atoms with van der Waals surface area (Å²) in [5, 5.41) is 12.5. The third-order valence-corrected chi connectivity index (χ3v) is 3.26. The van der Waals surface area contributed by atoms with Crippen LogP contribution < -0.4 is 5.32 Å². The molecule has 3 nitrogen and oxygen atoms in total. The normalized spacial score (nSPS) is 12.5. The van der Waals surface area contributed by atoms with Gasteiger partial charge in [0, 0.05) is 5.02 Å². The molecular formula is C15H18ClN3. The van der Waals surface area contributed by atoms with Gasteiger partial charge < -0.3 is 5.32 Å². The largest absolute Gasteiger partial charge is 0.362 e. The van der Waals surface area contributed by atoms with Crippen LogP contribution in [0.2, 0.25) is 5.02 Å². The molecule has 4 heteroatoms. The fourth-order valence-electron chi connectivity index (χ4n) is 1.78. The molecule has 0 unspecified atom stereocenters. The van der Waals surface area contributed by atoms with Crippen LogP contribution in [0.4, 0.5) is 5.82 Å². The third kappa shape index (κ3) is 3.67. The molecule has 2 rings (SSSR count). The minimum Gasteiger partial charge on any atom is -0.362 e.